The van der Waals surface area contributed by atoms with Crippen molar-refractivity contribution in [1.82, 2.24) is 14.7 Å². The summed E-state index contributed by atoms with van der Waals surface area (Å²) in [5, 5.41) is 13.8. The van der Waals surface area contributed by atoms with Crippen molar-refractivity contribution in [2.75, 3.05) is 25.4 Å². The number of amides is 1. The lowest BCUT2D eigenvalue weighted by molar-refractivity contribution is -0.122. The lowest BCUT2D eigenvalue weighted by Crippen LogP contribution is -2.48. The molecule has 1 N–H and O–H groups in total. The van der Waals surface area contributed by atoms with E-state index in [-0.39, 0.29) is 30.3 Å². The van der Waals surface area contributed by atoms with Gasteiger partial charge < -0.3 is 15.6 Å². The van der Waals surface area contributed by atoms with Gasteiger partial charge in [0.25, 0.3) is 5.91 Å². The zero-order chi connectivity index (χ0) is 22.7. The maximum Gasteiger partial charge on any atom is 0.251 e. The molecule has 2 aliphatic heterocycles. The number of benzene rings is 2. The molecule has 1 saturated heterocycles. The van der Waals surface area contributed by atoms with Gasteiger partial charge in [-0.15, -0.1) is 0 Å². The Morgan fingerprint density at radius 3 is 2.47 bits per heavy atom. The predicted octanol–water partition coefficient (Wildman–Crippen LogP) is 1.80. The second-order valence-electron chi connectivity index (χ2n) is 7.31. The van der Waals surface area contributed by atoms with Crippen LogP contribution in [0.25, 0.3) is 11.1 Å². The van der Waals surface area contributed by atoms with Gasteiger partial charge in [-0.1, -0.05) is 54.6 Å². The average Bonchev–Trinajstić information content (AvgIpc) is 3.21. The Bertz CT molecular complexity index is 1180. The van der Waals surface area contributed by atoms with E-state index in [0.717, 1.165) is 20.5 Å². The molecule has 2 heterocycles. The monoisotopic (exact) mass is 472 g/mol. The van der Waals surface area contributed by atoms with Crippen molar-refractivity contribution in [3.05, 3.63) is 83.7 Å². The summed E-state index contributed by atoms with van der Waals surface area (Å²) in [5.74, 6) is -0.618. The van der Waals surface area contributed by atoms with Crippen LogP contribution in [-0.4, -0.2) is 58.7 Å². The van der Waals surface area contributed by atoms with Gasteiger partial charge >= 0.3 is 0 Å². The van der Waals surface area contributed by atoms with Gasteiger partial charge in [-0.05, 0) is 29.3 Å². The van der Waals surface area contributed by atoms with Crippen LogP contribution in [0.4, 0.5) is 0 Å². The fraction of sp³-hybridized carbons (Fsp3) is 0.227. The van der Waals surface area contributed by atoms with Crippen LogP contribution in [0.1, 0.15) is 0 Å². The van der Waals surface area contributed by atoms with Gasteiger partial charge in [-0.2, -0.15) is 4.31 Å². The van der Waals surface area contributed by atoms with E-state index in [1.807, 2.05) is 30.3 Å². The van der Waals surface area contributed by atoms with E-state index in [1.54, 1.807) is 30.4 Å². The number of rotatable bonds is 6. The molecule has 2 unspecified atom stereocenters. The van der Waals surface area contributed by atoms with E-state index in [2.05, 4.69) is 5.32 Å². The number of sulfonamides is 1. The predicted molar refractivity (Wildman–Crippen MR) is 123 cm³/mol. The third-order valence-electron chi connectivity index (χ3n) is 5.28. The van der Waals surface area contributed by atoms with Gasteiger partial charge in [0.05, 0.1) is 22.2 Å². The number of allylic oxidation sites excluding steroid dienone is 2. The highest BCUT2D eigenvalue weighted by atomic mass is 32.2. The first-order chi connectivity index (χ1) is 15.4. The standard InChI is InChI=1S/C22H22N3O5S2/c26-21(23-16-19-8-4-5-13-24(19)27)22-25(14-15-31(22)28)32(29,30)20-11-9-18(10-12-20)17-6-2-1-3-7-17/h1-12,22H,13-16H2,(H,23,26)/q-1. The Kier molecular flexibility index (Phi) is 6.56. The Morgan fingerprint density at radius 1 is 1.09 bits per heavy atom. The van der Waals surface area contributed by atoms with Crippen molar-refractivity contribution in [1.29, 1.82) is 0 Å². The van der Waals surface area contributed by atoms with Crippen LogP contribution >= 0.6 is 0 Å². The second kappa shape index (κ2) is 9.37. The average molecular weight is 473 g/mol. The van der Waals surface area contributed by atoms with Crippen molar-refractivity contribution >= 4 is 26.7 Å². The minimum Gasteiger partial charge on any atom is -0.758 e. The van der Waals surface area contributed by atoms with E-state index >= 15 is 0 Å². The molecular weight excluding hydrogens is 450 g/mol. The van der Waals surface area contributed by atoms with Gasteiger partial charge in [-0.3, -0.25) is 9.00 Å². The summed E-state index contributed by atoms with van der Waals surface area (Å²) in [6.07, 6.45) is 4.96. The van der Waals surface area contributed by atoms with Crippen LogP contribution in [0.3, 0.4) is 0 Å². The Balaban J connectivity index is 1.52. The van der Waals surface area contributed by atoms with Crippen LogP contribution in [0.2, 0.25) is 0 Å². The number of hydrogen-bond acceptors (Lipinski definition) is 6. The molecule has 2 aliphatic rings. The van der Waals surface area contributed by atoms with E-state index in [0.29, 0.717) is 5.70 Å². The first-order valence-corrected chi connectivity index (χ1v) is 12.8. The molecule has 1 amide bonds. The highest BCUT2D eigenvalue weighted by Crippen LogP contribution is 2.27. The molecule has 0 spiro atoms. The maximum atomic E-state index is 13.2. The molecule has 8 nitrogen and oxygen atoms in total. The molecule has 2 aromatic carbocycles. The number of carbonyl (C=O) groups is 1. The molecule has 2 aromatic rings. The van der Waals surface area contributed by atoms with Crippen molar-refractivity contribution in [3.8, 4) is 11.1 Å². The lowest BCUT2D eigenvalue weighted by atomic mass is 10.1. The van der Waals surface area contributed by atoms with Crippen molar-refractivity contribution in [2.24, 2.45) is 0 Å². The quantitative estimate of drug-likeness (QED) is 0.687. The number of nitrogens with zero attached hydrogens (tertiary/aromatic N) is 2. The molecule has 0 aliphatic carbocycles. The Morgan fingerprint density at radius 2 is 1.78 bits per heavy atom. The fourth-order valence-corrected chi connectivity index (χ4v) is 7.03. The molecule has 10 heteroatoms. The first kappa shape index (κ1) is 22.4. The largest absolute Gasteiger partial charge is 0.758 e. The van der Waals surface area contributed by atoms with Crippen LogP contribution in [-0.2, 0) is 25.6 Å². The van der Waals surface area contributed by atoms with E-state index < -0.39 is 32.1 Å². The molecule has 0 bridgehead atoms. The van der Waals surface area contributed by atoms with E-state index in [4.69, 9.17) is 0 Å². The molecule has 1 fully saturated rings. The molecule has 0 saturated carbocycles. The molecule has 2 atom stereocenters. The zero-order valence-electron chi connectivity index (χ0n) is 17.1. The lowest BCUT2D eigenvalue weighted by Gasteiger charge is -2.34. The van der Waals surface area contributed by atoms with Crippen LogP contribution in [0.5, 0.6) is 0 Å². The summed E-state index contributed by atoms with van der Waals surface area (Å²) in [5.41, 5.74) is 2.16. The summed E-state index contributed by atoms with van der Waals surface area (Å²) in [6.45, 7) is 0.0865. The van der Waals surface area contributed by atoms with Crippen molar-refractivity contribution in [2.45, 2.75) is 10.3 Å². The van der Waals surface area contributed by atoms with Crippen LogP contribution < -0.4 is 5.32 Å². The fourth-order valence-electron chi connectivity index (χ4n) is 3.57. The highest BCUT2D eigenvalue weighted by Gasteiger charge is 2.44. The second-order valence-corrected chi connectivity index (χ2v) is 10.8. The molecule has 32 heavy (non-hydrogen) atoms. The number of hydrogen-bond donors (Lipinski definition) is 1. The highest BCUT2D eigenvalue weighted by molar-refractivity contribution is 7.92. The third kappa shape index (κ3) is 4.53. The number of hydroxylamine groups is 2. The Labute approximate surface area is 189 Å². The summed E-state index contributed by atoms with van der Waals surface area (Å²) in [6, 6.07) is 15.9. The number of nitrogens with one attached hydrogen (secondary N) is 1. The van der Waals surface area contributed by atoms with Gasteiger partial charge in [0.1, 0.15) is 0 Å². The van der Waals surface area contributed by atoms with E-state index in [1.165, 1.54) is 12.1 Å². The zero-order valence-corrected chi connectivity index (χ0v) is 18.7. The Hall–Kier alpha value is -2.79. The smallest absolute Gasteiger partial charge is 0.251 e. The van der Waals surface area contributed by atoms with Gasteiger partial charge in [0.15, 0.2) is 5.37 Å². The first-order valence-electron chi connectivity index (χ1n) is 10.0. The SMILES string of the molecule is O=C(NCC1=CC=CCN1[O-])C1N(S(=O)(=O)c2ccc(-c3ccccc3)cc2)CCS1=O. The van der Waals surface area contributed by atoms with Crippen molar-refractivity contribution < 1.29 is 17.4 Å². The molecule has 4 rings (SSSR count). The molecule has 0 aromatic heterocycles. The van der Waals surface area contributed by atoms with Gasteiger partial charge in [0, 0.05) is 24.5 Å². The summed E-state index contributed by atoms with van der Waals surface area (Å²) < 4.78 is 40.0. The van der Waals surface area contributed by atoms with Gasteiger partial charge in [-0.25, -0.2) is 8.42 Å². The normalized spacial score (nSPS) is 21.4. The maximum absolute atomic E-state index is 13.2. The molecular formula is C22H22N3O5S2-. The van der Waals surface area contributed by atoms with Crippen LogP contribution in [0.15, 0.2) is 83.4 Å². The molecule has 0 radical (unpaired) electrons. The minimum atomic E-state index is -4.04. The number of carbonyl (C=O) groups excluding carboxylic acids is 1. The minimum absolute atomic E-state index is 0.0212. The topological polar surface area (TPSA) is 110 Å². The van der Waals surface area contributed by atoms with Crippen LogP contribution in [0, 0.1) is 5.21 Å². The summed E-state index contributed by atoms with van der Waals surface area (Å²) >= 11 is 0. The summed E-state index contributed by atoms with van der Waals surface area (Å²) in [7, 11) is -5.72. The van der Waals surface area contributed by atoms with E-state index in [9.17, 15) is 22.6 Å². The molecule has 168 valence electrons. The van der Waals surface area contributed by atoms with Gasteiger partial charge in [0.2, 0.25) is 10.0 Å². The van der Waals surface area contributed by atoms with Crippen molar-refractivity contribution in [3.63, 3.8) is 0 Å². The summed E-state index contributed by atoms with van der Waals surface area (Å²) in [4.78, 5) is 12.8. The third-order valence-corrected chi connectivity index (χ3v) is 8.84.